The average molecular weight is 404 g/mol. The Morgan fingerprint density at radius 1 is 1.14 bits per heavy atom. The summed E-state index contributed by atoms with van der Waals surface area (Å²) in [6, 6.07) is 0. The Morgan fingerprint density at radius 3 is 2.90 bits per heavy atom. The molecule has 1 atom stereocenters. The Morgan fingerprint density at radius 2 is 2.03 bits per heavy atom. The van der Waals surface area contributed by atoms with Crippen LogP contribution in [0.25, 0.3) is 0 Å². The van der Waals surface area contributed by atoms with E-state index >= 15 is 0 Å². The van der Waals surface area contributed by atoms with Crippen LogP contribution in [0.5, 0.6) is 0 Å². The second-order valence-electron chi connectivity index (χ2n) is 8.59. The lowest BCUT2D eigenvalue weighted by Gasteiger charge is -2.29. The standard InChI is InChI=1S/C21H37N7O/c1-22-21(27-11-8-18(17-27)16-26-12-14-29-15-13-26)23-9-5-7-20-25-24-19-6-3-2-4-10-28(19)20/h18H,2-17H2,1H3,(H,22,23). The van der Waals surface area contributed by atoms with Crippen molar-refractivity contribution in [3.63, 3.8) is 0 Å². The average Bonchev–Trinajstić information content (AvgIpc) is 3.29. The van der Waals surface area contributed by atoms with Gasteiger partial charge in [-0.1, -0.05) is 6.42 Å². The molecule has 1 unspecified atom stereocenters. The Kier molecular flexibility index (Phi) is 7.38. The zero-order chi connectivity index (χ0) is 19.9. The molecule has 162 valence electrons. The van der Waals surface area contributed by atoms with Crippen molar-refractivity contribution in [1.29, 1.82) is 0 Å². The maximum atomic E-state index is 5.47. The van der Waals surface area contributed by atoms with E-state index < -0.39 is 0 Å². The molecule has 1 aromatic heterocycles. The van der Waals surface area contributed by atoms with Gasteiger partial charge >= 0.3 is 0 Å². The molecule has 2 saturated heterocycles. The minimum absolute atomic E-state index is 0.734. The van der Waals surface area contributed by atoms with Crippen molar-refractivity contribution < 1.29 is 4.74 Å². The molecule has 0 amide bonds. The highest BCUT2D eigenvalue weighted by atomic mass is 16.5. The molecular formula is C21H37N7O. The fraction of sp³-hybridized carbons (Fsp3) is 0.857. The highest BCUT2D eigenvalue weighted by Gasteiger charge is 2.27. The third kappa shape index (κ3) is 5.48. The van der Waals surface area contributed by atoms with E-state index in [0.29, 0.717) is 0 Å². The zero-order valence-electron chi connectivity index (χ0n) is 18.0. The molecule has 1 N–H and O–H groups in total. The summed E-state index contributed by atoms with van der Waals surface area (Å²) in [5.74, 6) is 4.13. The lowest BCUT2D eigenvalue weighted by Crippen LogP contribution is -2.42. The van der Waals surface area contributed by atoms with Crippen LogP contribution in [0.4, 0.5) is 0 Å². The molecule has 0 spiro atoms. The van der Waals surface area contributed by atoms with E-state index in [1.807, 2.05) is 7.05 Å². The topological polar surface area (TPSA) is 70.8 Å². The van der Waals surface area contributed by atoms with E-state index in [1.165, 1.54) is 38.1 Å². The first-order valence-electron chi connectivity index (χ1n) is 11.5. The molecule has 4 rings (SSSR count). The molecule has 0 saturated carbocycles. The first kappa shape index (κ1) is 20.6. The summed E-state index contributed by atoms with van der Waals surface area (Å²) in [7, 11) is 1.90. The van der Waals surface area contributed by atoms with Gasteiger partial charge in [0.25, 0.3) is 0 Å². The number of likely N-dealkylation sites (tertiary alicyclic amines) is 1. The summed E-state index contributed by atoms with van der Waals surface area (Å²) >= 11 is 0. The van der Waals surface area contributed by atoms with Gasteiger partial charge < -0.3 is 19.5 Å². The fourth-order valence-electron chi connectivity index (χ4n) is 4.83. The molecule has 8 nitrogen and oxygen atoms in total. The first-order chi connectivity index (χ1) is 14.3. The Hall–Kier alpha value is -1.67. The second kappa shape index (κ2) is 10.4. The second-order valence-corrected chi connectivity index (χ2v) is 8.59. The smallest absolute Gasteiger partial charge is 0.193 e. The van der Waals surface area contributed by atoms with Crippen LogP contribution in [-0.4, -0.2) is 90.1 Å². The molecule has 2 fully saturated rings. The third-order valence-corrected chi connectivity index (χ3v) is 6.46. The Balaban J connectivity index is 1.19. The normalized spacial score (nSPS) is 23.8. The summed E-state index contributed by atoms with van der Waals surface area (Å²) in [5.41, 5.74) is 0. The number of nitrogens with one attached hydrogen (secondary N) is 1. The number of aliphatic imine (C=N–C) groups is 1. The number of ether oxygens (including phenoxy) is 1. The van der Waals surface area contributed by atoms with E-state index in [-0.39, 0.29) is 0 Å². The number of morpholine rings is 1. The van der Waals surface area contributed by atoms with Crippen molar-refractivity contribution in [1.82, 2.24) is 29.9 Å². The Labute approximate surface area is 174 Å². The monoisotopic (exact) mass is 403 g/mol. The summed E-state index contributed by atoms with van der Waals surface area (Å²) in [5, 5.41) is 12.4. The minimum Gasteiger partial charge on any atom is -0.379 e. The largest absolute Gasteiger partial charge is 0.379 e. The van der Waals surface area contributed by atoms with Crippen molar-refractivity contribution in [2.45, 2.75) is 51.5 Å². The van der Waals surface area contributed by atoms with Crippen molar-refractivity contribution in [2.24, 2.45) is 10.9 Å². The first-order valence-corrected chi connectivity index (χ1v) is 11.5. The van der Waals surface area contributed by atoms with Crippen LogP contribution in [0.1, 0.15) is 43.8 Å². The van der Waals surface area contributed by atoms with Gasteiger partial charge in [-0.15, -0.1) is 10.2 Å². The van der Waals surface area contributed by atoms with Crippen LogP contribution in [0.3, 0.4) is 0 Å². The predicted octanol–water partition coefficient (Wildman–Crippen LogP) is 1.17. The molecule has 3 aliphatic heterocycles. The van der Waals surface area contributed by atoms with Gasteiger partial charge in [-0.3, -0.25) is 9.89 Å². The van der Waals surface area contributed by atoms with Crippen LogP contribution < -0.4 is 5.32 Å². The van der Waals surface area contributed by atoms with Gasteiger partial charge in [0, 0.05) is 65.7 Å². The zero-order valence-corrected chi connectivity index (χ0v) is 18.0. The van der Waals surface area contributed by atoms with Crippen molar-refractivity contribution >= 4 is 5.96 Å². The molecule has 8 heteroatoms. The summed E-state index contributed by atoms with van der Waals surface area (Å²) in [6.45, 7) is 9.34. The number of aryl methyl sites for hydroxylation is 2. The van der Waals surface area contributed by atoms with Crippen LogP contribution in [0.2, 0.25) is 0 Å². The third-order valence-electron chi connectivity index (χ3n) is 6.46. The van der Waals surface area contributed by atoms with Crippen LogP contribution in [-0.2, 0) is 24.1 Å². The maximum absolute atomic E-state index is 5.47. The number of hydrogen-bond acceptors (Lipinski definition) is 5. The van der Waals surface area contributed by atoms with E-state index in [4.69, 9.17) is 4.74 Å². The molecule has 0 radical (unpaired) electrons. The number of nitrogens with zero attached hydrogens (tertiary/aromatic N) is 6. The predicted molar refractivity (Wildman–Crippen MR) is 114 cm³/mol. The van der Waals surface area contributed by atoms with Crippen molar-refractivity contribution in [3.8, 4) is 0 Å². The summed E-state index contributed by atoms with van der Waals surface area (Å²) < 4.78 is 7.83. The van der Waals surface area contributed by atoms with Crippen LogP contribution in [0, 0.1) is 5.92 Å². The minimum atomic E-state index is 0.734. The van der Waals surface area contributed by atoms with Crippen molar-refractivity contribution in [2.75, 3.05) is 59.5 Å². The lowest BCUT2D eigenvalue weighted by atomic mass is 10.1. The van der Waals surface area contributed by atoms with E-state index in [9.17, 15) is 0 Å². The van der Waals surface area contributed by atoms with E-state index in [2.05, 4.69) is 34.9 Å². The highest BCUT2D eigenvalue weighted by Crippen LogP contribution is 2.18. The molecule has 3 aliphatic rings. The number of hydrogen-bond donors (Lipinski definition) is 1. The van der Waals surface area contributed by atoms with Crippen molar-refractivity contribution in [3.05, 3.63) is 11.6 Å². The molecule has 4 heterocycles. The lowest BCUT2D eigenvalue weighted by molar-refractivity contribution is 0.0315. The molecule has 1 aromatic rings. The quantitative estimate of drug-likeness (QED) is 0.437. The molecule has 0 aliphatic carbocycles. The van der Waals surface area contributed by atoms with Gasteiger partial charge in [-0.25, -0.2) is 0 Å². The van der Waals surface area contributed by atoms with Gasteiger partial charge in [0.05, 0.1) is 13.2 Å². The number of fused-ring (bicyclic) bond motifs is 1. The van der Waals surface area contributed by atoms with Gasteiger partial charge in [-0.05, 0) is 31.6 Å². The Bertz CT molecular complexity index is 668. The number of rotatable bonds is 6. The van der Waals surface area contributed by atoms with Gasteiger partial charge in [0.1, 0.15) is 11.6 Å². The number of guanidine groups is 1. The molecule has 0 aromatic carbocycles. The van der Waals surface area contributed by atoms with E-state index in [0.717, 1.165) is 89.4 Å². The molecule has 0 bridgehead atoms. The van der Waals surface area contributed by atoms with Gasteiger partial charge in [-0.2, -0.15) is 0 Å². The van der Waals surface area contributed by atoms with Crippen LogP contribution in [0.15, 0.2) is 4.99 Å². The molecule has 29 heavy (non-hydrogen) atoms. The maximum Gasteiger partial charge on any atom is 0.193 e. The highest BCUT2D eigenvalue weighted by molar-refractivity contribution is 5.80. The van der Waals surface area contributed by atoms with Crippen LogP contribution >= 0.6 is 0 Å². The SMILES string of the molecule is CN=C(NCCCc1nnc2n1CCCCC2)N1CCC(CN2CCOCC2)C1. The summed E-state index contributed by atoms with van der Waals surface area (Å²) in [4.78, 5) is 9.51. The number of aromatic nitrogens is 3. The fourth-order valence-corrected chi connectivity index (χ4v) is 4.83. The van der Waals surface area contributed by atoms with Gasteiger partial charge in [0.2, 0.25) is 0 Å². The molecular weight excluding hydrogens is 366 g/mol. The summed E-state index contributed by atoms with van der Waals surface area (Å²) in [6.07, 6.45) is 8.19. The van der Waals surface area contributed by atoms with Gasteiger partial charge in [0.15, 0.2) is 5.96 Å². The van der Waals surface area contributed by atoms with E-state index in [1.54, 1.807) is 0 Å².